The molecule has 1 aromatic carbocycles. The summed E-state index contributed by atoms with van der Waals surface area (Å²) in [5, 5.41) is 10.2. The number of carbonyl (C=O) groups excluding carboxylic acids is 2. The number of hydrogen-bond donors (Lipinski definition) is 2. The van der Waals surface area contributed by atoms with Crippen molar-refractivity contribution in [1.29, 1.82) is 0 Å². The first-order chi connectivity index (χ1) is 15.7. The molecular formula is C24H26FN5O3. The Balaban J connectivity index is 1.63. The number of carbonyl (C=O) groups is 2. The van der Waals surface area contributed by atoms with E-state index in [4.69, 9.17) is 4.74 Å². The van der Waals surface area contributed by atoms with Gasteiger partial charge in [-0.2, -0.15) is 5.10 Å². The molecule has 2 aromatic heterocycles. The van der Waals surface area contributed by atoms with Crippen LogP contribution >= 0.6 is 0 Å². The zero-order valence-corrected chi connectivity index (χ0v) is 18.8. The number of benzene rings is 1. The summed E-state index contributed by atoms with van der Waals surface area (Å²) in [5.41, 5.74) is 2.13. The molecule has 0 bridgehead atoms. The SMILES string of the molecule is CC(C)(C)OC(=O)N1CCC[C@H]1C(=O)Nc1n[nH]c(-c2ccc(F)cc2)c1-c1ccncc1. The fourth-order valence-electron chi connectivity index (χ4n) is 3.84. The van der Waals surface area contributed by atoms with Gasteiger partial charge in [0.05, 0.1) is 11.3 Å². The van der Waals surface area contributed by atoms with Gasteiger partial charge in [-0.1, -0.05) is 0 Å². The molecule has 1 saturated heterocycles. The van der Waals surface area contributed by atoms with Gasteiger partial charge in [0, 0.05) is 24.5 Å². The number of nitrogens with zero attached hydrogens (tertiary/aromatic N) is 3. The van der Waals surface area contributed by atoms with Crippen LogP contribution in [0.2, 0.25) is 0 Å². The standard InChI is InChI=1S/C24H26FN5O3/c1-24(2,3)33-23(32)30-14-4-5-18(30)22(31)27-21-19(15-10-12-26-13-11-15)20(28-29-21)16-6-8-17(25)9-7-16/h6-13,18H,4-5,14H2,1-3H3,(H2,27,28,29,31)/t18-/m0/s1. The maximum absolute atomic E-state index is 13.4. The lowest BCUT2D eigenvalue weighted by molar-refractivity contribution is -0.120. The molecule has 2 amide bonds. The molecule has 33 heavy (non-hydrogen) atoms. The maximum atomic E-state index is 13.4. The fourth-order valence-corrected chi connectivity index (χ4v) is 3.84. The van der Waals surface area contributed by atoms with Crippen LogP contribution in [0.5, 0.6) is 0 Å². The van der Waals surface area contributed by atoms with E-state index in [1.807, 2.05) is 0 Å². The van der Waals surface area contributed by atoms with Gasteiger partial charge in [-0.05, 0) is 75.6 Å². The number of ether oxygens (including phenoxy) is 1. The second-order valence-electron chi connectivity index (χ2n) is 8.89. The predicted octanol–water partition coefficient (Wildman–Crippen LogP) is 4.62. The van der Waals surface area contributed by atoms with Crippen molar-refractivity contribution in [2.45, 2.75) is 45.3 Å². The van der Waals surface area contributed by atoms with Crippen LogP contribution in [-0.2, 0) is 9.53 Å². The first-order valence-corrected chi connectivity index (χ1v) is 10.8. The average molecular weight is 452 g/mol. The van der Waals surface area contributed by atoms with Crippen LogP contribution in [-0.4, -0.2) is 50.3 Å². The summed E-state index contributed by atoms with van der Waals surface area (Å²) >= 11 is 0. The van der Waals surface area contributed by atoms with Gasteiger partial charge in [0.25, 0.3) is 0 Å². The van der Waals surface area contributed by atoms with Crippen molar-refractivity contribution in [2.75, 3.05) is 11.9 Å². The molecule has 1 aliphatic rings. The van der Waals surface area contributed by atoms with Crippen LogP contribution in [0.1, 0.15) is 33.6 Å². The highest BCUT2D eigenvalue weighted by molar-refractivity contribution is 6.01. The molecule has 3 aromatic rings. The molecule has 3 heterocycles. The molecule has 8 nitrogen and oxygen atoms in total. The Kier molecular flexibility index (Phi) is 6.13. The number of likely N-dealkylation sites (tertiary alicyclic amines) is 1. The number of anilines is 1. The summed E-state index contributed by atoms with van der Waals surface area (Å²) in [7, 11) is 0. The summed E-state index contributed by atoms with van der Waals surface area (Å²) in [6, 6.07) is 8.95. The summed E-state index contributed by atoms with van der Waals surface area (Å²) in [6.45, 7) is 5.82. The molecule has 0 spiro atoms. The summed E-state index contributed by atoms with van der Waals surface area (Å²) in [6.07, 6.45) is 4.01. The number of hydrogen-bond acceptors (Lipinski definition) is 5. The number of amides is 2. The number of aromatic amines is 1. The van der Waals surface area contributed by atoms with E-state index in [1.54, 1.807) is 57.4 Å². The van der Waals surface area contributed by atoms with E-state index in [0.29, 0.717) is 42.0 Å². The maximum Gasteiger partial charge on any atom is 0.410 e. The third-order valence-electron chi connectivity index (χ3n) is 5.29. The number of rotatable bonds is 4. The topological polar surface area (TPSA) is 100 Å². The lowest BCUT2D eigenvalue weighted by Crippen LogP contribution is -2.45. The first kappa shape index (κ1) is 22.4. The Hall–Kier alpha value is -3.75. The smallest absolute Gasteiger partial charge is 0.410 e. The second-order valence-corrected chi connectivity index (χ2v) is 8.89. The zero-order chi connectivity index (χ0) is 23.6. The zero-order valence-electron chi connectivity index (χ0n) is 18.8. The minimum absolute atomic E-state index is 0.321. The van der Waals surface area contributed by atoms with Gasteiger partial charge in [0.2, 0.25) is 5.91 Å². The highest BCUT2D eigenvalue weighted by atomic mass is 19.1. The Bertz CT molecular complexity index is 1140. The van der Waals surface area contributed by atoms with Crippen LogP contribution in [0, 0.1) is 5.82 Å². The minimum atomic E-state index is -0.656. The highest BCUT2D eigenvalue weighted by Gasteiger charge is 2.37. The average Bonchev–Trinajstić information content (AvgIpc) is 3.41. The molecule has 172 valence electrons. The van der Waals surface area contributed by atoms with E-state index in [1.165, 1.54) is 17.0 Å². The predicted molar refractivity (Wildman–Crippen MR) is 122 cm³/mol. The number of halogens is 1. The van der Waals surface area contributed by atoms with Gasteiger partial charge in [0.15, 0.2) is 5.82 Å². The van der Waals surface area contributed by atoms with Gasteiger partial charge in [-0.3, -0.25) is 19.8 Å². The van der Waals surface area contributed by atoms with Crippen molar-refractivity contribution in [3.05, 3.63) is 54.6 Å². The largest absolute Gasteiger partial charge is 0.444 e. The lowest BCUT2D eigenvalue weighted by atomic mass is 10.0. The van der Waals surface area contributed by atoms with Crippen molar-refractivity contribution in [1.82, 2.24) is 20.1 Å². The van der Waals surface area contributed by atoms with E-state index in [-0.39, 0.29) is 11.7 Å². The highest BCUT2D eigenvalue weighted by Crippen LogP contribution is 2.36. The number of H-pyrrole nitrogens is 1. The number of nitrogens with one attached hydrogen (secondary N) is 2. The Labute approximate surface area is 191 Å². The van der Waals surface area contributed by atoms with Crippen molar-refractivity contribution >= 4 is 17.8 Å². The summed E-state index contributed by atoms with van der Waals surface area (Å²) in [4.78, 5) is 31.3. The van der Waals surface area contributed by atoms with Crippen molar-refractivity contribution in [3.8, 4) is 22.4 Å². The van der Waals surface area contributed by atoms with E-state index in [9.17, 15) is 14.0 Å². The molecule has 0 aliphatic carbocycles. The van der Waals surface area contributed by atoms with Crippen LogP contribution in [0.3, 0.4) is 0 Å². The number of aromatic nitrogens is 3. The molecular weight excluding hydrogens is 425 g/mol. The minimum Gasteiger partial charge on any atom is -0.444 e. The van der Waals surface area contributed by atoms with Gasteiger partial charge < -0.3 is 10.1 Å². The molecule has 4 rings (SSSR count). The Morgan fingerprint density at radius 3 is 2.48 bits per heavy atom. The molecule has 9 heteroatoms. The van der Waals surface area contributed by atoms with E-state index in [0.717, 1.165) is 5.56 Å². The fraction of sp³-hybridized carbons (Fsp3) is 0.333. The number of pyridine rings is 1. The van der Waals surface area contributed by atoms with Gasteiger partial charge in [0.1, 0.15) is 17.5 Å². The monoisotopic (exact) mass is 451 g/mol. The Morgan fingerprint density at radius 1 is 1.12 bits per heavy atom. The molecule has 0 unspecified atom stereocenters. The van der Waals surface area contributed by atoms with Crippen LogP contribution in [0.15, 0.2) is 48.8 Å². The van der Waals surface area contributed by atoms with Gasteiger partial charge in [-0.25, -0.2) is 9.18 Å². The van der Waals surface area contributed by atoms with Gasteiger partial charge in [-0.15, -0.1) is 0 Å². The molecule has 0 radical (unpaired) electrons. The van der Waals surface area contributed by atoms with Crippen molar-refractivity contribution in [3.63, 3.8) is 0 Å². The molecule has 2 N–H and O–H groups in total. The van der Waals surface area contributed by atoms with Crippen LogP contribution < -0.4 is 5.32 Å². The van der Waals surface area contributed by atoms with E-state index in [2.05, 4.69) is 20.5 Å². The van der Waals surface area contributed by atoms with E-state index < -0.39 is 17.7 Å². The molecule has 1 fully saturated rings. The molecule has 0 saturated carbocycles. The quantitative estimate of drug-likeness (QED) is 0.603. The van der Waals surface area contributed by atoms with Crippen molar-refractivity contribution in [2.24, 2.45) is 0 Å². The van der Waals surface area contributed by atoms with Crippen LogP contribution in [0.4, 0.5) is 15.0 Å². The molecule has 1 atom stereocenters. The normalized spacial score (nSPS) is 16.0. The summed E-state index contributed by atoms with van der Waals surface area (Å²) in [5.74, 6) is -0.367. The second kappa shape index (κ2) is 9.01. The van der Waals surface area contributed by atoms with Gasteiger partial charge >= 0.3 is 6.09 Å². The molecule has 1 aliphatic heterocycles. The first-order valence-electron chi connectivity index (χ1n) is 10.8. The van der Waals surface area contributed by atoms with E-state index >= 15 is 0 Å². The summed E-state index contributed by atoms with van der Waals surface area (Å²) < 4.78 is 18.9. The third-order valence-corrected chi connectivity index (χ3v) is 5.29. The Morgan fingerprint density at radius 2 is 1.82 bits per heavy atom. The van der Waals surface area contributed by atoms with Crippen molar-refractivity contribution < 1.29 is 18.7 Å². The lowest BCUT2D eigenvalue weighted by Gasteiger charge is -2.27. The van der Waals surface area contributed by atoms with Crippen LogP contribution in [0.25, 0.3) is 22.4 Å². The third kappa shape index (κ3) is 5.02.